The van der Waals surface area contributed by atoms with Crippen LogP contribution in [0.1, 0.15) is 40.0 Å². The first-order valence-corrected chi connectivity index (χ1v) is 5.50. The maximum absolute atomic E-state index is 11.2. The van der Waals surface area contributed by atoms with Crippen LogP contribution in [-0.4, -0.2) is 29.6 Å². The fourth-order valence-corrected chi connectivity index (χ4v) is 0.979. The Kier molecular flexibility index (Phi) is 6.23. The summed E-state index contributed by atoms with van der Waals surface area (Å²) < 4.78 is 0. The predicted octanol–water partition coefficient (Wildman–Crippen LogP) is 1.11. The molecule has 0 radical (unpaired) electrons. The number of amides is 3. The van der Waals surface area contributed by atoms with E-state index >= 15 is 0 Å². The zero-order valence-electron chi connectivity index (χ0n) is 10.5. The Labute approximate surface area is 101 Å². The van der Waals surface area contributed by atoms with Gasteiger partial charge in [-0.05, 0) is 11.8 Å². The van der Waals surface area contributed by atoms with Gasteiger partial charge in [-0.1, -0.05) is 20.8 Å². The Morgan fingerprint density at radius 2 is 1.71 bits per heavy atom. The van der Waals surface area contributed by atoms with Gasteiger partial charge in [0.2, 0.25) is 5.91 Å². The van der Waals surface area contributed by atoms with Gasteiger partial charge in [0.1, 0.15) is 0 Å². The van der Waals surface area contributed by atoms with Crippen molar-refractivity contribution in [3.05, 3.63) is 0 Å². The maximum atomic E-state index is 11.2. The highest BCUT2D eigenvalue weighted by atomic mass is 16.4. The Morgan fingerprint density at radius 3 is 2.18 bits per heavy atom. The van der Waals surface area contributed by atoms with Crippen molar-refractivity contribution in [3.63, 3.8) is 0 Å². The standard InChI is InChI=1S/C11H20N2O4/c1-11(2,3)7-12-10(17)13-8(14)5-4-6-9(15)16/h4-7H2,1-3H3,(H,15,16)(H2,12,13,14,17). The van der Waals surface area contributed by atoms with Gasteiger partial charge in [0.15, 0.2) is 0 Å². The van der Waals surface area contributed by atoms with Gasteiger partial charge in [0, 0.05) is 19.4 Å². The number of hydrogen-bond acceptors (Lipinski definition) is 3. The minimum atomic E-state index is -0.949. The summed E-state index contributed by atoms with van der Waals surface area (Å²) >= 11 is 0. The van der Waals surface area contributed by atoms with Gasteiger partial charge >= 0.3 is 12.0 Å². The van der Waals surface area contributed by atoms with Crippen LogP contribution in [0.3, 0.4) is 0 Å². The van der Waals surface area contributed by atoms with Gasteiger partial charge in [-0.15, -0.1) is 0 Å². The smallest absolute Gasteiger partial charge is 0.321 e. The molecule has 0 rings (SSSR count). The molecule has 98 valence electrons. The molecule has 0 aliphatic rings. The van der Waals surface area contributed by atoms with Gasteiger partial charge in [-0.2, -0.15) is 0 Å². The zero-order valence-corrected chi connectivity index (χ0v) is 10.5. The molecule has 0 aliphatic carbocycles. The minimum absolute atomic E-state index is 0.0369. The number of urea groups is 1. The normalized spacial score (nSPS) is 10.8. The number of carbonyl (C=O) groups excluding carboxylic acids is 2. The van der Waals surface area contributed by atoms with E-state index in [0.29, 0.717) is 6.54 Å². The summed E-state index contributed by atoms with van der Waals surface area (Å²) in [5, 5.41) is 13.1. The van der Waals surface area contributed by atoms with Crippen LogP contribution in [0.4, 0.5) is 4.79 Å². The van der Waals surface area contributed by atoms with E-state index < -0.39 is 17.9 Å². The Morgan fingerprint density at radius 1 is 1.12 bits per heavy atom. The van der Waals surface area contributed by atoms with Gasteiger partial charge in [0.05, 0.1) is 0 Å². The maximum Gasteiger partial charge on any atom is 0.321 e. The first-order valence-electron chi connectivity index (χ1n) is 5.50. The Balaban J connectivity index is 3.74. The van der Waals surface area contributed by atoms with Gasteiger partial charge in [-0.25, -0.2) is 4.79 Å². The molecule has 0 fully saturated rings. The monoisotopic (exact) mass is 244 g/mol. The first-order chi connectivity index (χ1) is 7.70. The largest absolute Gasteiger partial charge is 0.481 e. The molecule has 3 amide bonds. The van der Waals surface area contributed by atoms with E-state index in [2.05, 4.69) is 10.6 Å². The summed E-state index contributed by atoms with van der Waals surface area (Å²) in [6.45, 7) is 6.34. The number of carboxylic acid groups (broad SMARTS) is 1. The number of nitrogens with one attached hydrogen (secondary N) is 2. The molecule has 0 saturated carbocycles. The van der Waals surface area contributed by atoms with Crippen LogP contribution in [0, 0.1) is 5.41 Å². The number of hydrogen-bond donors (Lipinski definition) is 3. The second-order valence-electron chi connectivity index (χ2n) is 5.04. The van der Waals surface area contributed by atoms with E-state index in [1.807, 2.05) is 20.8 Å². The molecule has 0 aromatic carbocycles. The predicted molar refractivity (Wildman–Crippen MR) is 62.5 cm³/mol. The average molecular weight is 244 g/mol. The summed E-state index contributed by atoms with van der Waals surface area (Å²) in [5.41, 5.74) is -0.0519. The van der Waals surface area contributed by atoms with Crippen LogP contribution < -0.4 is 10.6 Å². The SMILES string of the molecule is CC(C)(C)CNC(=O)NC(=O)CCCC(=O)O. The molecular weight excluding hydrogens is 224 g/mol. The molecule has 6 heteroatoms. The lowest BCUT2D eigenvalue weighted by Crippen LogP contribution is -2.42. The topological polar surface area (TPSA) is 95.5 Å². The number of aliphatic carboxylic acids is 1. The van der Waals surface area contributed by atoms with Gasteiger partial charge in [-0.3, -0.25) is 14.9 Å². The van der Waals surface area contributed by atoms with Gasteiger partial charge in [0.25, 0.3) is 0 Å². The third-order valence-electron chi connectivity index (χ3n) is 1.83. The number of carboxylic acids is 1. The third-order valence-corrected chi connectivity index (χ3v) is 1.83. The summed E-state index contributed by atoms with van der Waals surface area (Å²) in [4.78, 5) is 32.6. The quantitative estimate of drug-likeness (QED) is 0.675. The highest BCUT2D eigenvalue weighted by Gasteiger charge is 2.13. The van der Waals surface area contributed by atoms with E-state index in [9.17, 15) is 14.4 Å². The highest BCUT2D eigenvalue weighted by molar-refractivity contribution is 5.94. The lowest BCUT2D eigenvalue weighted by Gasteiger charge is -2.18. The van der Waals surface area contributed by atoms with E-state index in [1.54, 1.807) is 0 Å². The van der Waals surface area contributed by atoms with Crippen LogP contribution in [0.15, 0.2) is 0 Å². The molecule has 3 N–H and O–H groups in total. The molecule has 0 atom stereocenters. The van der Waals surface area contributed by atoms with Crippen LogP contribution in [0.25, 0.3) is 0 Å². The van der Waals surface area contributed by atoms with E-state index in [0.717, 1.165) is 0 Å². The molecule has 0 saturated heterocycles. The molecule has 0 heterocycles. The second-order valence-corrected chi connectivity index (χ2v) is 5.04. The lowest BCUT2D eigenvalue weighted by atomic mass is 9.97. The Hall–Kier alpha value is -1.59. The van der Waals surface area contributed by atoms with E-state index in [-0.39, 0.29) is 24.7 Å². The molecule has 0 aromatic rings. The van der Waals surface area contributed by atoms with Crippen LogP contribution in [0.5, 0.6) is 0 Å². The van der Waals surface area contributed by atoms with Crippen LogP contribution in [-0.2, 0) is 9.59 Å². The molecule has 0 unspecified atom stereocenters. The minimum Gasteiger partial charge on any atom is -0.481 e. The summed E-state index contributed by atoms with van der Waals surface area (Å²) in [6, 6.07) is -0.541. The molecular formula is C11H20N2O4. The first kappa shape index (κ1) is 15.4. The average Bonchev–Trinajstić information content (AvgIpc) is 2.13. The van der Waals surface area contributed by atoms with E-state index in [1.165, 1.54) is 0 Å². The van der Waals surface area contributed by atoms with Crippen molar-refractivity contribution in [2.24, 2.45) is 5.41 Å². The molecule has 0 aliphatic heterocycles. The number of rotatable bonds is 5. The molecule has 0 aromatic heterocycles. The second kappa shape index (κ2) is 6.88. The van der Waals surface area contributed by atoms with Crippen molar-refractivity contribution in [2.45, 2.75) is 40.0 Å². The van der Waals surface area contributed by atoms with Crippen LogP contribution >= 0.6 is 0 Å². The zero-order chi connectivity index (χ0) is 13.5. The van der Waals surface area contributed by atoms with Crippen molar-refractivity contribution in [1.29, 1.82) is 0 Å². The van der Waals surface area contributed by atoms with Crippen molar-refractivity contribution in [3.8, 4) is 0 Å². The van der Waals surface area contributed by atoms with Gasteiger partial charge < -0.3 is 10.4 Å². The highest BCUT2D eigenvalue weighted by Crippen LogP contribution is 2.09. The summed E-state index contributed by atoms with van der Waals surface area (Å²) in [5.74, 6) is -1.41. The molecule has 0 spiro atoms. The molecule has 17 heavy (non-hydrogen) atoms. The summed E-state index contributed by atoms with van der Waals surface area (Å²) in [6.07, 6.45) is 0.194. The lowest BCUT2D eigenvalue weighted by molar-refractivity contribution is -0.137. The van der Waals surface area contributed by atoms with Crippen molar-refractivity contribution < 1.29 is 19.5 Å². The fourth-order valence-electron chi connectivity index (χ4n) is 0.979. The molecule has 6 nitrogen and oxygen atoms in total. The van der Waals surface area contributed by atoms with Crippen molar-refractivity contribution in [2.75, 3.05) is 6.54 Å². The number of imide groups is 1. The van der Waals surface area contributed by atoms with Crippen molar-refractivity contribution in [1.82, 2.24) is 10.6 Å². The Bertz CT molecular complexity index is 294. The third kappa shape index (κ3) is 10.7. The van der Waals surface area contributed by atoms with E-state index in [4.69, 9.17) is 5.11 Å². The van der Waals surface area contributed by atoms with Crippen molar-refractivity contribution >= 4 is 17.9 Å². The number of carbonyl (C=O) groups is 3. The fraction of sp³-hybridized carbons (Fsp3) is 0.727. The summed E-state index contributed by atoms with van der Waals surface area (Å²) in [7, 11) is 0. The molecule has 0 bridgehead atoms. The van der Waals surface area contributed by atoms with Crippen LogP contribution in [0.2, 0.25) is 0 Å².